The maximum atomic E-state index is 13.4. The van der Waals surface area contributed by atoms with E-state index in [1.807, 2.05) is 47.6 Å². The standard InChI is InChI=1S/C25H21ClFN5OS/c1-15-20-13-21(34-25(20)32(30-15)14-16-3-9-19(27)10-4-16)24(33)29-22(23-28-11-12-31(23)2)17-5-7-18(26)8-6-17/h3-13,22H,14H2,1-2H3,(H,29,33)/t22-/m0/s1. The molecule has 0 aliphatic heterocycles. The molecule has 0 saturated heterocycles. The SMILES string of the molecule is Cc1nn(Cc2ccc(F)cc2)c2sc(C(=O)N[C@@H](c3ccc(Cl)cc3)c3nccn3C)cc12. The molecule has 0 fully saturated rings. The van der Waals surface area contributed by atoms with Crippen LogP contribution in [0.25, 0.3) is 10.2 Å². The molecule has 3 heterocycles. The number of nitrogens with one attached hydrogen (secondary N) is 1. The number of fused-ring (bicyclic) bond motifs is 1. The van der Waals surface area contributed by atoms with E-state index < -0.39 is 6.04 Å². The molecule has 3 aromatic heterocycles. The quantitative estimate of drug-likeness (QED) is 0.339. The predicted molar refractivity (Wildman–Crippen MR) is 132 cm³/mol. The van der Waals surface area contributed by atoms with Crippen molar-refractivity contribution in [2.75, 3.05) is 0 Å². The fourth-order valence-corrected chi connectivity index (χ4v) is 5.09. The molecule has 1 N–H and O–H groups in total. The summed E-state index contributed by atoms with van der Waals surface area (Å²) < 4.78 is 17.0. The van der Waals surface area contributed by atoms with Gasteiger partial charge in [-0.25, -0.2) is 9.37 Å². The van der Waals surface area contributed by atoms with Crippen LogP contribution in [0.3, 0.4) is 0 Å². The number of aromatic nitrogens is 4. The summed E-state index contributed by atoms with van der Waals surface area (Å²) in [6.07, 6.45) is 3.55. The second-order valence-corrected chi connectivity index (χ2v) is 9.52. The van der Waals surface area contributed by atoms with Gasteiger partial charge in [0, 0.05) is 29.9 Å². The van der Waals surface area contributed by atoms with E-state index in [-0.39, 0.29) is 11.7 Å². The topological polar surface area (TPSA) is 64.7 Å². The van der Waals surface area contributed by atoms with E-state index in [0.717, 1.165) is 32.9 Å². The Kier molecular flexibility index (Phi) is 5.93. The summed E-state index contributed by atoms with van der Waals surface area (Å²) >= 11 is 7.45. The highest BCUT2D eigenvalue weighted by Gasteiger charge is 2.24. The summed E-state index contributed by atoms with van der Waals surface area (Å²) in [5, 5.41) is 9.30. The molecule has 0 saturated carbocycles. The molecule has 172 valence electrons. The first kappa shape index (κ1) is 22.3. The number of rotatable bonds is 6. The largest absolute Gasteiger partial charge is 0.337 e. The average molecular weight is 494 g/mol. The normalized spacial score (nSPS) is 12.2. The highest BCUT2D eigenvalue weighted by atomic mass is 35.5. The second-order valence-electron chi connectivity index (χ2n) is 8.05. The van der Waals surface area contributed by atoms with Gasteiger partial charge in [0.2, 0.25) is 0 Å². The van der Waals surface area contributed by atoms with Crippen molar-refractivity contribution >= 4 is 39.1 Å². The van der Waals surface area contributed by atoms with Crippen LogP contribution in [0, 0.1) is 12.7 Å². The zero-order chi connectivity index (χ0) is 23.8. The highest BCUT2D eigenvalue weighted by Crippen LogP contribution is 2.30. The van der Waals surface area contributed by atoms with Gasteiger partial charge < -0.3 is 9.88 Å². The Morgan fingerprint density at radius 1 is 1.18 bits per heavy atom. The number of carbonyl (C=O) groups excluding carboxylic acids is 1. The molecule has 2 aromatic carbocycles. The van der Waals surface area contributed by atoms with Crippen LogP contribution in [0.2, 0.25) is 5.02 Å². The minimum absolute atomic E-state index is 0.197. The fourth-order valence-electron chi connectivity index (χ4n) is 3.90. The molecular formula is C25H21ClFN5OS. The van der Waals surface area contributed by atoms with Gasteiger partial charge in [-0.2, -0.15) is 5.10 Å². The van der Waals surface area contributed by atoms with E-state index in [2.05, 4.69) is 15.4 Å². The number of hydrogen-bond donors (Lipinski definition) is 1. The van der Waals surface area contributed by atoms with Crippen LogP contribution in [-0.4, -0.2) is 25.2 Å². The molecule has 5 rings (SSSR count). The van der Waals surface area contributed by atoms with Crippen molar-refractivity contribution < 1.29 is 9.18 Å². The molecule has 0 spiro atoms. The van der Waals surface area contributed by atoms with Crippen molar-refractivity contribution in [3.8, 4) is 0 Å². The molecule has 9 heteroatoms. The smallest absolute Gasteiger partial charge is 0.262 e. The first-order valence-electron chi connectivity index (χ1n) is 10.6. The molecule has 0 unspecified atom stereocenters. The predicted octanol–water partition coefficient (Wildman–Crippen LogP) is 5.50. The van der Waals surface area contributed by atoms with E-state index in [4.69, 9.17) is 11.6 Å². The van der Waals surface area contributed by atoms with Crippen molar-refractivity contribution in [1.82, 2.24) is 24.6 Å². The van der Waals surface area contributed by atoms with E-state index in [9.17, 15) is 9.18 Å². The van der Waals surface area contributed by atoms with Crippen LogP contribution in [-0.2, 0) is 13.6 Å². The van der Waals surface area contributed by atoms with Crippen molar-refractivity contribution in [2.45, 2.75) is 19.5 Å². The summed E-state index contributed by atoms with van der Waals surface area (Å²) in [4.78, 5) is 19.3. The van der Waals surface area contributed by atoms with Gasteiger partial charge in [-0.05, 0) is 48.4 Å². The fraction of sp³-hybridized carbons (Fsp3) is 0.160. The Bertz CT molecular complexity index is 1470. The third-order valence-corrected chi connectivity index (χ3v) is 7.07. The molecule has 0 aliphatic rings. The Morgan fingerprint density at radius 3 is 2.59 bits per heavy atom. The minimum atomic E-state index is -0.438. The third kappa shape index (κ3) is 4.34. The van der Waals surface area contributed by atoms with E-state index >= 15 is 0 Å². The summed E-state index contributed by atoms with van der Waals surface area (Å²) in [6.45, 7) is 2.41. The summed E-state index contributed by atoms with van der Waals surface area (Å²) in [5.74, 6) is 0.246. The van der Waals surface area contributed by atoms with Gasteiger partial charge in [0.25, 0.3) is 5.91 Å². The van der Waals surface area contributed by atoms with Crippen molar-refractivity contribution in [1.29, 1.82) is 0 Å². The lowest BCUT2D eigenvalue weighted by Gasteiger charge is -2.19. The van der Waals surface area contributed by atoms with Crippen molar-refractivity contribution in [3.05, 3.63) is 105 Å². The molecule has 34 heavy (non-hydrogen) atoms. The zero-order valence-electron chi connectivity index (χ0n) is 18.5. The average Bonchev–Trinajstić information content (AvgIpc) is 3.52. The Morgan fingerprint density at radius 2 is 1.91 bits per heavy atom. The molecule has 1 atom stereocenters. The second kappa shape index (κ2) is 9.04. The van der Waals surface area contributed by atoms with Gasteiger partial charge in [0.05, 0.1) is 17.1 Å². The van der Waals surface area contributed by atoms with Gasteiger partial charge >= 0.3 is 0 Å². The lowest BCUT2D eigenvalue weighted by atomic mass is 10.1. The number of imidazole rings is 1. The van der Waals surface area contributed by atoms with Crippen molar-refractivity contribution in [2.24, 2.45) is 7.05 Å². The van der Waals surface area contributed by atoms with Gasteiger partial charge in [-0.1, -0.05) is 35.9 Å². The third-order valence-electron chi connectivity index (χ3n) is 5.67. The monoisotopic (exact) mass is 493 g/mol. The van der Waals surface area contributed by atoms with Crippen LogP contribution in [0.15, 0.2) is 67.0 Å². The number of benzene rings is 2. The van der Waals surface area contributed by atoms with Crippen LogP contribution in [0.4, 0.5) is 4.39 Å². The number of halogens is 2. The molecule has 5 aromatic rings. The number of thiophene rings is 1. The molecular weight excluding hydrogens is 473 g/mol. The molecule has 0 aliphatic carbocycles. The summed E-state index contributed by atoms with van der Waals surface area (Å²) in [7, 11) is 1.89. The molecule has 0 bridgehead atoms. The Balaban J connectivity index is 1.45. The Labute approximate surface area is 204 Å². The maximum absolute atomic E-state index is 13.4. The van der Waals surface area contributed by atoms with Crippen LogP contribution in [0.5, 0.6) is 0 Å². The Hall–Kier alpha value is -3.49. The van der Waals surface area contributed by atoms with Crippen LogP contribution in [0.1, 0.15) is 38.4 Å². The van der Waals surface area contributed by atoms with Gasteiger partial charge in [0.15, 0.2) is 0 Å². The maximum Gasteiger partial charge on any atom is 0.262 e. The number of carbonyl (C=O) groups is 1. The summed E-state index contributed by atoms with van der Waals surface area (Å²) in [6, 6.07) is 15.1. The zero-order valence-corrected chi connectivity index (χ0v) is 20.1. The van der Waals surface area contributed by atoms with Crippen LogP contribution < -0.4 is 5.32 Å². The van der Waals surface area contributed by atoms with Crippen molar-refractivity contribution in [3.63, 3.8) is 0 Å². The van der Waals surface area contributed by atoms with Gasteiger partial charge in [-0.15, -0.1) is 11.3 Å². The molecule has 0 radical (unpaired) electrons. The lowest BCUT2D eigenvalue weighted by molar-refractivity contribution is 0.0945. The summed E-state index contributed by atoms with van der Waals surface area (Å²) in [5.41, 5.74) is 2.65. The first-order valence-corrected chi connectivity index (χ1v) is 11.8. The lowest BCUT2D eigenvalue weighted by Crippen LogP contribution is -2.30. The van der Waals surface area contributed by atoms with Crippen LogP contribution >= 0.6 is 22.9 Å². The molecule has 6 nitrogen and oxygen atoms in total. The van der Waals surface area contributed by atoms with E-state index in [1.165, 1.54) is 23.5 Å². The van der Waals surface area contributed by atoms with E-state index in [1.54, 1.807) is 30.5 Å². The number of hydrogen-bond acceptors (Lipinski definition) is 4. The van der Waals surface area contributed by atoms with Gasteiger partial charge in [0.1, 0.15) is 22.5 Å². The van der Waals surface area contributed by atoms with E-state index in [0.29, 0.717) is 16.4 Å². The highest BCUT2D eigenvalue weighted by molar-refractivity contribution is 7.20. The molecule has 1 amide bonds. The number of aryl methyl sites for hydroxylation is 2. The minimum Gasteiger partial charge on any atom is -0.337 e. The number of amides is 1. The first-order chi connectivity index (χ1) is 16.4. The van der Waals surface area contributed by atoms with Gasteiger partial charge in [-0.3, -0.25) is 9.48 Å². The number of nitrogens with zero attached hydrogens (tertiary/aromatic N) is 4.